The van der Waals surface area contributed by atoms with Gasteiger partial charge in [-0.1, -0.05) is 127 Å². The van der Waals surface area contributed by atoms with Crippen LogP contribution in [0.5, 0.6) is 0 Å². The summed E-state index contributed by atoms with van der Waals surface area (Å²) in [6.45, 7) is 0. The fourth-order valence-corrected chi connectivity index (χ4v) is 10.8. The Kier molecular flexibility index (Phi) is 6.67. The van der Waals surface area contributed by atoms with Crippen LogP contribution in [-0.2, 0) is 0 Å². The van der Waals surface area contributed by atoms with Gasteiger partial charge in [0.1, 0.15) is 0 Å². The van der Waals surface area contributed by atoms with Crippen LogP contribution in [0.4, 0.5) is 0 Å². The highest BCUT2D eigenvalue weighted by Gasteiger charge is 2.20. The number of aromatic nitrogens is 3. The van der Waals surface area contributed by atoms with Crippen molar-refractivity contribution in [2.45, 2.75) is 0 Å². The number of benzene rings is 8. The third kappa shape index (κ3) is 4.74. The molecule has 12 rings (SSSR count). The van der Waals surface area contributed by atoms with Crippen LogP contribution in [0.1, 0.15) is 0 Å². The van der Waals surface area contributed by atoms with Gasteiger partial charge < -0.3 is 4.57 Å². The van der Waals surface area contributed by atoms with Crippen LogP contribution in [0.25, 0.3) is 113 Å². The van der Waals surface area contributed by atoms with Crippen molar-refractivity contribution in [1.29, 1.82) is 0 Å². The van der Waals surface area contributed by atoms with Gasteiger partial charge in [0.2, 0.25) is 0 Å². The molecule has 0 N–H and O–H groups in total. The molecule has 0 aliphatic rings. The predicted octanol–water partition coefficient (Wildman–Crippen LogP) is 14.5. The first-order valence-electron chi connectivity index (χ1n) is 18.5. The summed E-state index contributed by atoms with van der Waals surface area (Å²) in [4.78, 5) is 10.7. The molecule has 3 nitrogen and oxygen atoms in total. The molecule has 0 fully saturated rings. The molecule has 0 saturated heterocycles. The van der Waals surface area contributed by atoms with Crippen molar-refractivity contribution >= 4 is 95.7 Å². The van der Waals surface area contributed by atoms with Crippen molar-refractivity contribution in [3.63, 3.8) is 0 Å². The number of hydrogen-bond acceptors (Lipinski definition) is 4. The van der Waals surface area contributed by atoms with Gasteiger partial charge in [0, 0.05) is 52.2 Å². The Morgan fingerprint density at radius 3 is 2.04 bits per heavy atom. The van der Waals surface area contributed by atoms with E-state index in [9.17, 15) is 0 Å². The quantitative estimate of drug-likeness (QED) is 0.180. The van der Waals surface area contributed by atoms with E-state index in [0.717, 1.165) is 38.2 Å². The molecule has 0 bridgehead atoms. The molecule has 0 spiro atoms. The zero-order valence-electron chi connectivity index (χ0n) is 29.4. The Morgan fingerprint density at radius 2 is 1.13 bits per heavy atom. The van der Waals surface area contributed by atoms with Crippen LogP contribution < -0.4 is 0 Å². The second-order valence-corrected chi connectivity index (χ2v) is 16.3. The van der Waals surface area contributed by atoms with Crippen LogP contribution in [0.2, 0.25) is 0 Å². The molecule has 4 heterocycles. The topological polar surface area (TPSA) is 30.7 Å². The summed E-state index contributed by atoms with van der Waals surface area (Å²) in [6.07, 6.45) is 0. The van der Waals surface area contributed by atoms with Crippen molar-refractivity contribution in [3.05, 3.63) is 176 Å². The summed E-state index contributed by atoms with van der Waals surface area (Å²) in [7, 11) is 0. The van der Waals surface area contributed by atoms with E-state index in [1.807, 2.05) is 11.3 Å². The molecule has 0 atom stereocenters. The number of rotatable bonds is 4. The highest BCUT2D eigenvalue weighted by Crippen LogP contribution is 2.44. The van der Waals surface area contributed by atoms with Crippen molar-refractivity contribution < 1.29 is 0 Å². The Balaban J connectivity index is 1.07. The third-order valence-electron chi connectivity index (χ3n) is 11.0. The van der Waals surface area contributed by atoms with Crippen LogP contribution in [0.3, 0.4) is 0 Å². The summed E-state index contributed by atoms with van der Waals surface area (Å²) >= 11 is 3.61. The van der Waals surface area contributed by atoms with Gasteiger partial charge in [-0.2, -0.15) is 0 Å². The minimum Gasteiger partial charge on any atom is -0.309 e. The summed E-state index contributed by atoms with van der Waals surface area (Å²) in [5.41, 5.74) is 10.1. The first kappa shape index (κ1) is 30.8. The van der Waals surface area contributed by atoms with Gasteiger partial charge in [0.05, 0.1) is 32.6 Å². The first-order chi connectivity index (χ1) is 27.2. The predicted molar refractivity (Wildman–Crippen MR) is 236 cm³/mol. The Labute approximate surface area is 324 Å². The number of thiophene rings is 2. The monoisotopic (exact) mass is 735 g/mol. The maximum atomic E-state index is 5.38. The lowest BCUT2D eigenvalue weighted by Crippen LogP contribution is -1.95. The molecule has 0 saturated carbocycles. The van der Waals surface area contributed by atoms with E-state index in [2.05, 4.69) is 180 Å². The highest BCUT2D eigenvalue weighted by molar-refractivity contribution is 7.26. The molecular weight excluding hydrogens is 707 g/mol. The van der Waals surface area contributed by atoms with Crippen LogP contribution in [-0.4, -0.2) is 14.5 Å². The fraction of sp³-hybridized carbons (Fsp3) is 0. The molecule has 8 aromatic carbocycles. The zero-order valence-corrected chi connectivity index (χ0v) is 31.0. The molecule has 4 aromatic heterocycles. The van der Waals surface area contributed by atoms with Crippen LogP contribution in [0.15, 0.2) is 176 Å². The summed E-state index contributed by atoms with van der Waals surface area (Å²) in [5, 5.41) is 8.71. The van der Waals surface area contributed by atoms with E-state index < -0.39 is 0 Å². The molecule has 0 unspecified atom stereocenters. The third-order valence-corrected chi connectivity index (χ3v) is 13.3. The fourth-order valence-electron chi connectivity index (χ4n) is 8.44. The van der Waals surface area contributed by atoms with Gasteiger partial charge in [-0.25, -0.2) is 9.97 Å². The first-order valence-corrected chi connectivity index (χ1v) is 20.1. The van der Waals surface area contributed by atoms with Gasteiger partial charge in [-0.15, -0.1) is 22.7 Å². The average Bonchev–Trinajstić information content (AvgIpc) is 3.92. The molecule has 0 aliphatic carbocycles. The lowest BCUT2D eigenvalue weighted by atomic mass is 10.0. The second kappa shape index (κ2) is 11.9. The largest absolute Gasteiger partial charge is 0.309 e. The van der Waals surface area contributed by atoms with Crippen molar-refractivity contribution in [1.82, 2.24) is 14.5 Å². The van der Waals surface area contributed by atoms with Gasteiger partial charge in [0.25, 0.3) is 0 Å². The van der Waals surface area contributed by atoms with Gasteiger partial charge in [0.15, 0.2) is 5.82 Å². The van der Waals surface area contributed by atoms with E-state index in [-0.39, 0.29) is 0 Å². The van der Waals surface area contributed by atoms with Gasteiger partial charge >= 0.3 is 0 Å². The van der Waals surface area contributed by atoms with E-state index in [0.29, 0.717) is 0 Å². The number of hydrogen-bond donors (Lipinski definition) is 0. The molecule has 12 aromatic rings. The molecule has 256 valence electrons. The smallest absolute Gasteiger partial charge is 0.160 e. The minimum absolute atomic E-state index is 0.741. The lowest BCUT2D eigenvalue weighted by Gasteiger charge is -2.11. The van der Waals surface area contributed by atoms with Crippen molar-refractivity contribution in [2.24, 2.45) is 0 Å². The number of para-hydroxylation sites is 1. The van der Waals surface area contributed by atoms with Crippen molar-refractivity contribution in [2.75, 3.05) is 0 Å². The Hall–Kier alpha value is -6.66. The Morgan fingerprint density at radius 1 is 0.400 bits per heavy atom. The summed E-state index contributed by atoms with van der Waals surface area (Å²) in [5.74, 6) is 0.741. The normalized spacial score (nSPS) is 12.0. The SMILES string of the molecule is c1ccc(-c2cccc(-c3nc(-c4ccc5c(c4)sc4cccc(-n6c7ccccc7c7cc8ccccc8cc76)c45)nc4c3sc3ccccc34)c2)cc1. The van der Waals surface area contributed by atoms with Gasteiger partial charge in [-0.05, 0) is 70.4 Å². The van der Waals surface area contributed by atoms with E-state index in [4.69, 9.17) is 9.97 Å². The van der Waals surface area contributed by atoms with Crippen LogP contribution in [0, 0.1) is 0 Å². The molecule has 55 heavy (non-hydrogen) atoms. The summed E-state index contributed by atoms with van der Waals surface area (Å²) in [6, 6.07) is 63.6. The minimum atomic E-state index is 0.741. The molecule has 0 radical (unpaired) electrons. The van der Waals surface area contributed by atoms with E-state index in [1.165, 1.54) is 74.3 Å². The Bertz CT molecular complexity index is 3500. The average molecular weight is 736 g/mol. The molecule has 0 aliphatic heterocycles. The lowest BCUT2D eigenvalue weighted by molar-refractivity contribution is 1.20. The second-order valence-electron chi connectivity index (χ2n) is 14.2. The van der Waals surface area contributed by atoms with E-state index >= 15 is 0 Å². The van der Waals surface area contributed by atoms with Gasteiger partial charge in [-0.3, -0.25) is 0 Å². The standard InChI is InChI=1S/C50H29N3S2/c1-2-12-30(13-3-1)31-16-10-17-34(26-31)47-49-48(38-19-7-9-22-43(38)55-49)52-50(51-47)35-24-25-37-45(29-35)54-44-23-11-21-41(46(37)44)53-40-20-8-6-18-36(40)39-27-32-14-4-5-15-33(32)28-42(39)53/h1-29H. The van der Waals surface area contributed by atoms with Crippen LogP contribution >= 0.6 is 22.7 Å². The van der Waals surface area contributed by atoms with E-state index in [1.54, 1.807) is 11.3 Å². The maximum absolute atomic E-state index is 5.38. The molecule has 5 heteroatoms. The summed E-state index contributed by atoms with van der Waals surface area (Å²) < 4.78 is 7.28. The molecule has 0 amide bonds. The number of fused-ring (bicyclic) bond motifs is 10. The highest BCUT2D eigenvalue weighted by atomic mass is 32.1. The molecular formula is C50H29N3S2. The maximum Gasteiger partial charge on any atom is 0.160 e. The number of nitrogens with zero attached hydrogens (tertiary/aromatic N) is 3. The zero-order chi connectivity index (χ0) is 36.0. The van der Waals surface area contributed by atoms with Crippen molar-refractivity contribution in [3.8, 4) is 39.5 Å².